The molecule has 0 bridgehead atoms. The molecule has 0 saturated heterocycles. The Morgan fingerprint density at radius 3 is 0.696 bits per heavy atom. The Balaban J connectivity index is -0.000000324. The van der Waals surface area contributed by atoms with Crippen LogP contribution in [0.25, 0.3) is 0 Å². The topological polar surface area (TPSA) is 124 Å². The highest BCUT2D eigenvalue weighted by Crippen LogP contribution is 2.19. The highest BCUT2D eigenvalue weighted by atomic mass is 28.4. The van der Waals surface area contributed by atoms with E-state index in [9.17, 15) is 0 Å². The van der Waals surface area contributed by atoms with Crippen LogP contribution in [0.3, 0.4) is 0 Å². The first-order valence-corrected chi connectivity index (χ1v) is 27.9. The van der Waals surface area contributed by atoms with Gasteiger partial charge in [0.2, 0.25) is 0 Å². The van der Waals surface area contributed by atoms with Gasteiger partial charge in [-0.15, -0.1) is 0 Å². The van der Waals surface area contributed by atoms with Crippen molar-refractivity contribution >= 4 is 35.2 Å². The summed E-state index contributed by atoms with van der Waals surface area (Å²) in [6, 6.07) is 3.45. The molecule has 0 N–H and O–H groups in total. The van der Waals surface area contributed by atoms with Crippen molar-refractivity contribution in [1.29, 1.82) is 0 Å². The summed E-state index contributed by atoms with van der Waals surface area (Å²) in [7, 11) is 16.8. The Kier molecular flexibility index (Phi) is 44.2. The van der Waals surface area contributed by atoms with E-state index in [4.69, 9.17) is 53.1 Å². The third-order valence-electron chi connectivity index (χ3n) is 7.96. The second-order valence-corrected chi connectivity index (χ2v) is 25.1. The highest BCUT2D eigenvalue weighted by Gasteiger charge is 2.41. The number of rotatable bonds is 32. The van der Waals surface area contributed by atoms with Crippen molar-refractivity contribution in [3.05, 3.63) is 0 Å². The van der Waals surface area contributed by atoms with E-state index in [1.165, 1.54) is 0 Å². The first-order chi connectivity index (χ1) is 26.4. The summed E-state index contributed by atoms with van der Waals surface area (Å²) in [5, 5.41) is 0. The lowest BCUT2D eigenvalue weighted by atomic mass is 10.5. The molecule has 0 rings (SSSR count). The number of hydrogen-bond donors (Lipinski definition) is 0. The molecule has 0 spiro atoms. The maximum Gasteiger partial charge on any atom is 0.502 e. The van der Waals surface area contributed by atoms with E-state index in [0.717, 1.165) is 63.2 Å². The van der Waals surface area contributed by atoms with Crippen LogP contribution in [0.15, 0.2) is 0 Å². The van der Waals surface area contributed by atoms with Crippen LogP contribution in [-0.2, 0) is 53.1 Å². The van der Waals surface area contributed by atoms with Gasteiger partial charge in [0.05, 0.1) is 0 Å². The quantitative estimate of drug-likeness (QED) is 0.0857. The lowest BCUT2D eigenvalue weighted by Crippen LogP contribution is -2.47. The number of nitrogens with zero attached hydrogens (tertiary/aromatic N) is 4. The summed E-state index contributed by atoms with van der Waals surface area (Å²) >= 11 is 0. The molecule has 56 heavy (non-hydrogen) atoms. The molecule has 0 unspecified atom stereocenters. The molecule has 0 saturated carbocycles. The normalized spacial score (nSPS) is 12.4. The van der Waals surface area contributed by atoms with E-state index in [1.54, 1.807) is 42.7 Å². The van der Waals surface area contributed by atoms with Crippen molar-refractivity contribution < 1.29 is 53.1 Å². The third kappa shape index (κ3) is 33.0. The fraction of sp³-hybridized carbons (Fsp3) is 1.00. The second-order valence-electron chi connectivity index (χ2n) is 13.5. The molecule has 0 fully saturated rings. The molecule has 0 aliphatic heterocycles. The van der Waals surface area contributed by atoms with Gasteiger partial charge in [0.25, 0.3) is 0 Å². The Bertz CT molecular complexity index is 774. The molecule has 0 aromatic heterocycles. The number of hydrogen-bond acceptors (Lipinski definition) is 16. The van der Waals surface area contributed by atoms with Crippen LogP contribution in [0, 0.1) is 0 Å². The van der Waals surface area contributed by atoms with Crippen LogP contribution in [0.1, 0.15) is 54.4 Å². The summed E-state index contributed by atoms with van der Waals surface area (Å²) in [5.41, 5.74) is 0. The van der Waals surface area contributed by atoms with Crippen molar-refractivity contribution in [2.45, 2.75) is 78.6 Å². The summed E-state index contributed by atoms with van der Waals surface area (Å²) < 4.78 is 66.1. The highest BCUT2D eigenvalue weighted by molar-refractivity contribution is 6.61. The van der Waals surface area contributed by atoms with Gasteiger partial charge >= 0.3 is 35.2 Å². The van der Waals surface area contributed by atoms with Crippen LogP contribution < -0.4 is 0 Å². The van der Waals surface area contributed by atoms with Gasteiger partial charge in [0.1, 0.15) is 0 Å². The van der Waals surface area contributed by atoms with Gasteiger partial charge in [-0.1, -0.05) is 0 Å². The fourth-order valence-electron chi connectivity index (χ4n) is 5.06. The molecule has 0 amide bonds. The zero-order valence-electron chi connectivity index (χ0n) is 40.0. The third-order valence-corrected chi connectivity index (χ3v) is 19.7. The van der Waals surface area contributed by atoms with E-state index in [2.05, 4.69) is 47.8 Å². The minimum atomic E-state index is -2.40. The average Bonchev–Trinajstić information content (AvgIpc) is 3.15. The summed E-state index contributed by atoms with van der Waals surface area (Å²) in [6.45, 7) is 19.8. The molecule has 0 aromatic carbocycles. The summed E-state index contributed by atoms with van der Waals surface area (Å²) in [6.07, 6.45) is 2.09. The van der Waals surface area contributed by atoms with Gasteiger partial charge in [-0.05, 0) is 124 Å². The Morgan fingerprint density at radius 1 is 0.286 bits per heavy atom. The Morgan fingerprint density at radius 2 is 0.482 bits per heavy atom. The van der Waals surface area contributed by atoms with Crippen molar-refractivity contribution in [2.75, 3.05) is 165 Å². The average molecular weight is 885 g/mol. The maximum atomic E-state index is 5.77. The first kappa shape index (κ1) is 62.9. The monoisotopic (exact) mass is 885 g/mol. The van der Waals surface area contributed by atoms with Crippen molar-refractivity contribution in [2.24, 2.45) is 0 Å². The van der Waals surface area contributed by atoms with E-state index < -0.39 is 35.2 Å². The molecular formula is C36H92N4O12Si4. The van der Waals surface area contributed by atoms with Gasteiger partial charge in [0.15, 0.2) is 0 Å². The van der Waals surface area contributed by atoms with Crippen LogP contribution in [-0.4, -0.2) is 220 Å². The van der Waals surface area contributed by atoms with E-state index in [1.807, 2.05) is 69.7 Å². The van der Waals surface area contributed by atoms with Gasteiger partial charge in [-0.3, -0.25) is 0 Å². The lowest BCUT2D eigenvalue weighted by molar-refractivity contribution is 0.0690. The fourth-order valence-corrected chi connectivity index (χ4v) is 13.9. The molecule has 0 aliphatic carbocycles. The molecule has 20 heteroatoms. The molecule has 0 heterocycles. The first-order valence-electron chi connectivity index (χ1n) is 20.1. The zero-order valence-corrected chi connectivity index (χ0v) is 44.0. The van der Waals surface area contributed by atoms with Crippen molar-refractivity contribution in [3.63, 3.8) is 0 Å². The SMILES string of the molecule is CCO[Si](CCCN(C)C)(OCC)OCC.CCO[Si](CCN(C)C)(OCC)OCC.CO[Si](CCCN(C)C)(OC)OC.CO[Si](CCN(C)C)(OC)OC. The second kappa shape index (κ2) is 39.4. The molecule has 0 atom stereocenters. The van der Waals surface area contributed by atoms with Gasteiger partial charge in [-0.2, -0.15) is 0 Å². The van der Waals surface area contributed by atoms with Crippen LogP contribution in [0.4, 0.5) is 0 Å². The zero-order chi connectivity index (χ0) is 44.1. The standard InChI is InChI=1S/C11H27NO3Si.C10H25NO3Si.C8H21NO3Si.C7H19NO3Si/c1-6-13-16(14-7-2,15-8-3)11-9-10-12(4)5;1-6-12-15(13-7-2,14-8-3)10-9-11(4)5;1-9(2)7-6-8-13(10-3,11-4)12-5;1-8(2)6-7-12(9-3,10-4)11-5/h6-11H2,1-5H3;6-10H2,1-5H3;6-8H2,1-5H3;6-7H2,1-5H3. The molecule has 0 aliphatic rings. The molecule has 0 radical (unpaired) electrons. The minimum Gasteiger partial charge on any atom is -0.377 e. The molecule has 16 nitrogen and oxygen atoms in total. The molecule has 344 valence electrons. The Hall–Kier alpha value is 0.228. The van der Waals surface area contributed by atoms with Gasteiger partial charge < -0.3 is 72.7 Å². The lowest BCUT2D eigenvalue weighted by Gasteiger charge is -2.29. The van der Waals surface area contributed by atoms with Gasteiger partial charge in [0, 0.05) is 120 Å². The predicted molar refractivity (Wildman–Crippen MR) is 238 cm³/mol. The molecule has 0 aromatic rings. The van der Waals surface area contributed by atoms with Gasteiger partial charge in [-0.25, -0.2) is 0 Å². The largest absolute Gasteiger partial charge is 0.502 e. The smallest absolute Gasteiger partial charge is 0.377 e. The van der Waals surface area contributed by atoms with E-state index in [-0.39, 0.29) is 0 Å². The van der Waals surface area contributed by atoms with E-state index >= 15 is 0 Å². The summed E-state index contributed by atoms with van der Waals surface area (Å²) in [4.78, 5) is 8.51. The maximum absolute atomic E-state index is 5.77. The molecular weight excluding hydrogens is 793 g/mol. The van der Waals surface area contributed by atoms with Crippen molar-refractivity contribution in [3.8, 4) is 0 Å². The Labute approximate surface area is 350 Å². The van der Waals surface area contributed by atoms with Crippen molar-refractivity contribution in [1.82, 2.24) is 19.6 Å². The van der Waals surface area contributed by atoms with Crippen LogP contribution in [0.5, 0.6) is 0 Å². The predicted octanol–water partition coefficient (Wildman–Crippen LogP) is 4.83. The van der Waals surface area contributed by atoms with Crippen LogP contribution in [0.2, 0.25) is 24.2 Å². The van der Waals surface area contributed by atoms with E-state index in [0.29, 0.717) is 39.6 Å². The minimum absolute atomic E-state index is 0.652. The van der Waals surface area contributed by atoms with Crippen LogP contribution >= 0.6 is 0 Å². The summed E-state index contributed by atoms with van der Waals surface area (Å²) in [5.74, 6) is 0.